The van der Waals surface area contributed by atoms with Crippen LogP contribution in [-0.4, -0.2) is 39.9 Å². The molecule has 1 aliphatic heterocycles. The van der Waals surface area contributed by atoms with E-state index < -0.39 is 0 Å². The molecule has 1 N–H and O–H groups in total. The van der Waals surface area contributed by atoms with E-state index in [0.29, 0.717) is 26.2 Å². The molecule has 0 saturated carbocycles. The predicted octanol–water partition coefficient (Wildman–Crippen LogP) is 1.40. The second-order valence-corrected chi connectivity index (χ2v) is 4.82. The predicted molar refractivity (Wildman–Crippen MR) is 75.2 cm³/mol. The second kappa shape index (κ2) is 7.14. The minimum absolute atomic E-state index is 0.0366. The molecule has 0 aromatic heterocycles. The van der Waals surface area contributed by atoms with Gasteiger partial charge < -0.3 is 19.5 Å². The largest absolute Gasteiger partial charge is 0.497 e. The molecule has 0 spiro atoms. The number of carbonyl (C=O) groups excluding carboxylic acids is 1. The summed E-state index contributed by atoms with van der Waals surface area (Å²) >= 11 is 0. The molecule has 1 aromatic rings. The van der Waals surface area contributed by atoms with Gasteiger partial charge in [-0.25, -0.2) is 0 Å². The molecule has 0 unspecified atom stereocenters. The molecular weight excluding hydrogens is 258 g/mol. The Morgan fingerprint density at radius 3 is 3.05 bits per heavy atom. The van der Waals surface area contributed by atoms with Crippen LogP contribution < -0.4 is 14.8 Å². The summed E-state index contributed by atoms with van der Waals surface area (Å²) in [6.45, 7) is 1.71. The first-order valence-electron chi connectivity index (χ1n) is 6.81. The Morgan fingerprint density at radius 1 is 1.45 bits per heavy atom. The molecule has 5 nitrogen and oxygen atoms in total. The Bertz CT molecular complexity index is 461. The summed E-state index contributed by atoms with van der Waals surface area (Å²) < 4.78 is 15.8. The van der Waals surface area contributed by atoms with Crippen LogP contribution >= 0.6 is 0 Å². The number of rotatable bonds is 6. The van der Waals surface area contributed by atoms with Crippen molar-refractivity contribution in [1.82, 2.24) is 5.32 Å². The first-order chi connectivity index (χ1) is 9.74. The fourth-order valence-electron chi connectivity index (χ4n) is 2.24. The van der Waals surface area contributed by atoms with Gasteiger partial charge in [0.05, 0.1) is 13.0 Å². The van der Waals surface area contributed by atoms with Gasteiger partial charge in [0, 0.05) is 20.3 Å². The number of hydrogen-bond donors (Lipinski definition) is 1. The van der Waals surface area contributed by atoms with Gasteiger partial charge >= 0.3 is 0 Å². The van der Waals surface area contributed by atoms with Crippen LogP contribution in [0.1, 0.15) is 12.0 Å². The van der Waals surface area contributed by atoms with E-state index >= 15 is 0 Å². The summed E-state index contributed by atoms with van der Waals surface area (Å²) in [4.78, 5) is 12.1. The van der Waals surface area contributed by atoms with Gasteiger partial charge in [0.25, 0.3) is 0 Å². The van der Waals surface area contributed by atoms with Crippen molar-refractivity contribution < 1.29 is 19.0 Å². The summed E-state index contributed by atoms with van der Waals surface area (Å²) in [6, 6.07) is 5.69. The highest BCUT2D eigenvalue weighted by Crippen LogP contribution is 2.30. The Hall–Kier alpha value is -1.75. The molecule has 1 amide bonds. The number of ether oxygens (including phenoxy) is 3. The highest BCUT2D eigenvalue weighted by atomic mass is 16.5. The zero-order chi connectivity index (χ0) is 14.4. The van der Waals surface area contributed by atoms with Gasteiger partial charge in [-0.15, -0.1) is 0 Å². The topological polar surface area (TPSA) is 56.8 Å². The highest BCUT2D eigenvalue weighted by molar-refractivity contribution is 5.79. The maximum absolute atomic E-state index is 12.1. The zero-order valence-corrected chi connectivity index (χ0v) is 12.0. The molecule has 1 aromatic carbocycles. The highest BCUT2D eigenvalue weighted by Gasteiger charge is 2.26. The fraction of sp³-hybridized carbons (Fsp3) is 0.533. The molecule has 1 heterocycles. The molecule has 0 saturated heterocycles. The number of amides is 1. The molecule has 110 valence electrons. The van der Waals surface area contributed by atoms with Crippen molar-refractivity contribution in [3.63, 3.8) is 0 Å². The molecule has 0 aliphatic carbocycles. The van der Waals surface area contributed by atoms with Crippen molar-refractivity contribution in [2.75, 3.05) is 34.0 Å². The van der Waals surface area contributed by atoms with Crippen molar-refractivity contribution in [3.8, 4) is 11.5 Å². The molecule has 5 heteroatoms. The third kappa shape index (κ3) is 3.63. The van der Waals surface area contributed by atoms with Crippen molar-refractivity contribution >= 4 is 5.91 Å². The lowest BCUT2D eigenvalue weighted by atomic mass is 9.96. The van der Waals surface area contributed by atoms with Gasteiger partial charge in [0.1, 0.15) is 18.1 Å². The normalized spacial score (nSPS) is 17.0. The third-order valence-corrected chi connectivity index (χ3v) is 3.37. The van der Waals surface area contributed by atoms with Crippen LogP contribution in [0.15, 0.2) is 18.2 Å². The van der Waals surface area contributed by atoms with E-state index in [0.717, 1.165) is 23.5 Å². The van der Waals surface area contributed by atoms with Crippen molar-refractivity contribution in [3.05, 3.63) is 23.8 Å². The average molecular weight is 279 g/mol. The van der Waals surface area contributed by atoms with Gasteiger partial charge in [-0.1, -0.05) is 0 Å². The number of carbonyl (C=O) groups is 1. The Labute approximate surface area is 119 Å². The summed E-state index contributed by atoms with van der Waals surface area (Å²) in [5.74, 6) is 1.52. The van der Waals surface area contributed by atoms with Gasteiger partial charge in [0.15, 0.2) is 0 Å². The quantitative estimate of drug-likeness (QED) is 0.800. The second-order valence-electron chi connectivity index (χ2n) is 4.82. The number of fused-ring (bicyclic) bond motifs is 1. The molecule has 1 aliphatic rings. The summed E-state index contributed by atoms with van der Waals surface area (Å²) in [5, 5.41) is 2.92. The van der Waals surface area contributed by atoms with Crippen LogP contribution in [0.3, 0.4) is 0 Å². The van der Waals surface area contributed by atoms with Crippen LogP contribution in [0.2, 0.25) is 0 Å². The first-order valence-corrected chi connectivity index (χ1v) is 6.81. The van der Waals surface area contributed by atoms with Crippen LogP contribution in [0.25, 0.3) is 0 Å². The summed E-state index contributed by atoms with van der Waals surface area (Å²) in [6.07, 6.45) is 1.50. The number of nitrogens with one attached hydrogen (secondary N) is 1. The summed E-state index contributed by atoms with van der Waals surface area (Å²) in [5.41, 5.74) is 1.02. The lowest BCUT2D eigenvalue weighted by Gasteiger charge is -2.25. The first kappa shape index (κ1) is 14.7. The van der Waals surface area contributed by atoms with Crippen molar-refractivity contribution in [2.24, 2.45) is 5.92 Å². The average Bonchev–Trinajstić information content (AvgIpc) is 2.50. The SMILES string of the molecule is COCCCNC(=O)[C@H]1COc2ccc(OC)cc2C1. The van der Waals surface area contributed by atoms with E-state index in [9.17, 15) is 4.79 Å². The molecule has 0 bridgehead atoms. The maximum Gasteiger partial charge on any atom is 0.226 e. The Kier molecular flexibility index (Phi) is 5.24. The standard InChI is InChI=1S/C15H21NO4/c1-18-7-3-6-16-15(17)12-8-11-9-13(19-2)4-5-14(11)20-10-12/h4-5,9,12H,3,6-8,10H2,1-2H3,(H,16,17)/t12-/m1/s1. The molecular formula is C15H21NO4. The van der Waals surface area contributed by atoms with E-state index in [1.54, 1.807) is 14.2 Å². The Balaban J connectivity index is 1.91. The number of benzene rings is 1. The fourth-order valence-corrected chi connectivity index (χ4v) is 2.24. The van der Waals surface area contributed by atoms with Gasteiger partial charge in [-0.2, -0.15) is 0 Å². The lowest BCUT2D eigenvalue weighted by molar-refractivity contribution is -0.126. The summed E-state index contributed by atoms with van der Waals surface area (Å²) in [7, 11) is 3.28. The molecule has 1 atom stereocenters. The molecule has 0 fully saturated rings. The third-order valence-electron chi connectivity index (χ3n) is 3.37. The van der Waals surface area contributed by atoms with E-state index in [2.05, 4.69) is 5.32 Å². The van der Waals surface area contributed by atoms with Crippen molar-refractivity contribution in [2.45, 2.75) is 12.8 Å². The van der Waals surface area contributed by atoms with Crippen LogP contribution in [0.5, 0.6) is 11.5 Å². The van der Waals surface area contributed by atoms with Gasteiger partial charge in [-0.05, 0) is 36.6 Å². The minimum atomic E-state index is -0.142. The minimum Gasteiger partial charge on any atom is -0.497 e. The number of methoxy groups -OCH3 is 2. The van der Waals surface area contributed by atoms with E-state index in [-0.39, 0.29) is 11.8 Å². The van der Waals surface area contributed by atoms with Gasteiger partial charge in [0.2, 0.25) is 5.91 Å². The van der Waals surface area contributed by atoms with Crippen LogP contribution in [0, 0.1) is 5.92 Å². The zero-order valence-electron chi connectivity index (χ0n) is 12.0. The maximum atomic E-state index is 12.1. The molecule has 20 heavy (non-hydrogen) atoms. The molecule has 0 radical (unpaired) electrons. The van der Waals surface area contributed by atoms with E-state index in [4.69, 9.17) is 14.2 Å². The smallest absolute Gasteiger partial charge is 0.226 e. The lowest BCUT2D eigenvalue weighted by Crippen LogP contribution is -2.38. The van der Waals surface area contributed by atoms with Gasteiger partial charge in [-0.3, -0.25) is 4.79 Å². The van der Waals surface area contributed by atoms with Crippen LogP contribution in [-0.2, 0) is 16.0 Å². The Morgan fingerprint density at radius 2 is 2.30 bits per heavy atom. The van der Waals surface area contributed by atoms with Crippen molar-refractivity contribution in [1.29, 1.82) is 0 Å². The molecule has 2 rings (SSSR count). The number of hydrogen-bond acceptors (Lipinski definition) is 4. The van der Waals surface area contributed by atoms with E-state index in [1.165, 1.54) is 0 Å². The van der Waals surface area contributed by atoms with E-state index in [1.807, 2.05) is 18.2 Å². The monoisotopic (exact) mass is 279 g/mol. The van der Waals surface area contributed by atoms with Crippen LogP contribution in [0.4, 0.5) is 0 Å².